The van der Waals surface area contributed by atoms with Gasteiger partial charge in [-0.15, -0.1) is 0 Å². The molecular weight excluding hydrogens is 292 g/mol. The lowest BCUT2D eigenvalue weighted by Gasteiger charge is -2.27. The topological polar surface area (TPSA) is 52.4 Å². The summed E-state index contributed by atoms with van der Waals surface area (Å²) in [5.74, 6) is 1.11. The van der Waals surface area contributed by atoms with Gasteiger partial charge in [-0.2, -0.15) is 0 Å². The highest BCUT2D eigenvalue weighted by atomic mass is 16.5. The first kappa shape index (κ1) is 15.1. The van der Waals surface area contributed by atoms with Gasteiger partial charge in [-0.25, -0.2) is 9.97 Å². The monoisotopic (exact) mass is 316 g/mol. The van der Waals surface area contributed by atoms with Gasteiger partial charge in [-0.1, -0.05) is 0 Å². The Morgan fingerprint density at radius 3 is 2.91 bits per heavy atom. The molecule has 2 aliphatic rings. The Hall–Kier alpha value is -1.50. The summed E-state index contributed by atoms with van der Waals surface area (Å²) in [5, 5.41) is 0. The highest BCUT2D eigenvalue weighted by Crippen LogP contribution is 2.20. The average Bonchev–Trinajstić information content (AvgIpc) is 3.22. The SMILES string of the molecule is c1cnc2c(c1)nc(CC1CCCO1)n2CCN1CCOCC1. The van der Waals surface area contributed by atoms with Crippen molar-refractivity contribution in [1.82, 2.24) is 19.4 Å². The summed E-state index contributed by atoms with van der Waals surface area (Å²) in [6.45, 7) is 6.54. The first-order valence-corrected chi connectivity index (χ1v) is 8.62. The molecule has 1 unspecified atom stereocenters. The molecule has 0 amide bonds. The van der Waals surface area contributed by atoms with Crippen molar-refractivity contribution >= 4 is 11.2 Å². The Balaban J connectivity index is 1.54. The molecule has 1 atom stereocenters. The number of aromatic nitrogens is 3. The lowest BCUT2D eigenvalue weighted by atomic mass is 10.2. The summed E-state index contributed by atoms with van der Waals surface area (Å²) in [4.78, 5) is 11.8. The van der Waals surface area contributed by atoms with Gasteiger partial charge >= 0.3 is 0 Å². The number of morpholine rings is 1. The molecule has 0 N–H and O–H groups in total. The highest BCUT2D eigenvalue weighted by molar-refractivity contribution is 5.71. The molecule has 0 radical (unpaired) electrons. The van der Waals surface area contributed by atoms with Crippen LogP contribution < -0.4 is 0 Å². The van der Waals surface area contributed by atoms with Crippen molar-refractivity contribution in [3.63, 3.8) is 0 Å². The van der Waals surface area contributed by atoms with E-state index in [1.165, 1.54) is 0 Å². The number of hydrogen-bond acceptors (Lipinski definition) is 5. The fraction of sp³-hybridized carbons (Fsp3) is 0.647. The van der Waals surface area contributed by atoms with E-state index < -0.39 is 0 Å². The van der Waals surface area contributed by atoms with Crippen LogP contribution in [0.4, 0.5) is 0 Å². The second-order valence-electron chi connectivity index (χ2n) is 6.32. The zero-order chi connectivity index (χ0) is 15.5. The number of pyridine rings is 1. The molecule has 2 fully saturated rings. The molecule has 2 aromatic rings. The van der Waals surface area contributed by atoms with Crippen molar-refractivity contribution in [2.45, 2.75) is 31.9 Å². The fourth-order valence-corrected chi connectivity index (χ4v) is 3.47. The largest absolute Gasteiger partial charge is 0.379 e. The third kappa shape index (κ3) is 3.39. The Bertz CT molecular complexity index is 645. The summed E-state index contributed by atoms with van der Waals surface area (Å²) >= 11 is 0. The van der Waals surface area contributed by atoms with E-state index in [4.69, 9.17) is 14.5 Å². The quantitative estimate of drug-likeness (QED) is 0.836. The molecule has 2 aromatic heterocycles. The van der Waals surface area contributed by atoms with Gasteiger partial charge in [0.05, 0.1) is 19.3 Å². The lowest BCUT2D eigenvalue weighted by molar-refractivity contribution is 0.0363. The Morgan fingerprint density at radius 2 is 2.09 bits per heavy atom. The summed E-state index contributed by atoms with van der Waals surface area (Å²) in [6, 6.07) is 4.00. The van der Waals surface area contributed by atoms with Crippen LogP contribution in [0, 0.1) is 0 Å². The van der Waals surface area contributed by atoms with E-state index in [9.17, 15) is 0 Å². The van der Waals surface area contributed by atoms with Crippen molar-refractivity contribution in [3.05, 3.63) is 24.2 Å². The number of fused-ring (bicyclic) bond motifs is 1. The summed E-state index contributed by atoms with van der Waals surface area (Å²) in [5.41, 5.74) is 1.98. The molecule has 0 saturated carbocycles. The predicted molar refractivity (Wildman–Crippen MR) is 87.5 cm³/mol. The standard InChI is InChI=1S/C17H24N4O2/c1-4-15-17(18-5-1)21(7-6-20-8-11-22-12-9-20)16(19-15)13-14-3-2-10-23-14/h1,4-5,14H,2-3,6-13H2. The van der Waals surface area contributed by atoms with Crippen molar-refractivity contribution in [3.8, 4) is 0 Å². The zero-order valence-electron chi connectivity index (χ0n) is 13.5. The molecule has 6 heteroatoms. The molecule has 4 rings (SSSR count). The van der Waals surface area contributed by atoms with Crippen LogP contribution in [0.25, 0.3) is 11.2 Å². The Kier molecular flexibility index (Phi) is 4.55. The molecule has 0 bridgehead atoms. The molecule has 0 aromatic carbocycles. The maximum absolute atomic E-state index is 5.80. The first-order chi connectivity index (χ1) is 11.4. The fourth-order valence-electron chi connectivity index (χ4n) is 3.47. The number of nitrogens with zero attached hydrogens (tertiary/aromatic N) is 4. The van der Waals surface area contributed by atoms with E-state index in [1.807, 2.05) is 18.3 Å². The summed E-state index contributed by atoms with van der Waals surface area (Å²) < 4.78 is 13.5. The first-order valence-electron chi connectivity index (χ1n) is 8.62. The van der Waals surface area contributed by atoms with Gasteiger partial charge in [0.25, 0.3) is 0 Å². The smallest absolute Gasteiger partial charge is 0.160 e. The second kappa shape index (κ2) is 6.95. The van der Waals surface area contributed by atoms with Crippen molar-refractivity contribution in [2.75, 3.05) is 39.5 Å². The van der Waals surface area contributed by atoms with Crippen molar-refractivity contribution in [1.29, 1.82) is 0 Å². The number of ether oxygens (including phenoxy) is 2. The van der Waals surface area contributed by atoms with Crippen LogP contribution in [0.2, 0.25) is 0 Å². The van der Waals surface area contributed by atoms with Gasteiger partial charge in [-0.05, 0) is 25.0 Å². The number of hydrogen-bond donors (Lipinski definition) is 0. The van der Waals surface area contributed by atoms with E-state index >= 15 is 0 Å². The van der Waals surface area contributed by atoms with Crippen LogP contribution >= 0.6 is 0 Å². The van der Waals surface area contributed by atoms with Gasteiger partial charge in [-0.3, -0.25) is 4.90 Å². The van der Waals surface area contributed by atoms with Crippen LogP contribution in [-0.4, -0.2) is 65.0 Å². The minimum Gasteiger partial charge on any atom is -0.379 e. The van der Waals surface area contributed by atoms with Crippen LogP contribution in [-0.2, 0) is 22.4 Å². The van der Waals surface area contributed by atoms with Gasteiger partial charge < -0.3 is 14.0 Å². The predicted octanol–water partition coefficient (Wildman–Crippen LogP) is 1.48. The minimum absolute atomic E-state index is 0.314. The molecule has 0 aliphatic carbocycles. The minimum atomic E-state index is 0.314. The van der Waals surface area contributed by atoms with E-state index in [2.05, 4.69) is 14.5 Å². The van der Waals surface area contributed by atoms with E-state index in [0.29, 0.717) is 6.10 Å². The van der Waals surface area contributed by atoms with Crippen LogP contribution in [0.3, 0.4) is 0 Å². The van der Waals surface area contributed by atoms with E-state index in [-0.39, 0.29) is 0 Å². The Labute approximate surface area is 136 Å². The van der Waals surface area contributed by atoms with Gasteiger partial charge in [0.15, 0.2) is 5.65 Å². The van der Waals surface area contributed by atoms with Gasteiger partial charge in [0.2, 0.25) is 0 Å². The molecule has 23 heavy (non-hydrogen) atoms. The number of imidazole rings is 1. The van der Waals surface area contributed by atoms with Crippen molar-refractivity contribution in [2.24, 2.45) is 0 Å². The van der Waals surface area contributed by atoms with Crippen LogP contribution in [0.15, 0.2) is 18.3 Å². The van der Waals surface area contributed by atoms with Crippen LogP contribution in [0.1, 0.15) is 18.7 Å². The molecule has 6 nitrogen and oxygen atoms in total. The van der Waals surface area contributed by atoms with E-state index in [0.717, 1.165) is 82.3 Å². The molecule has 4 heterocycles. The molecule has 0 spiro atoms. The third-order valence-corrected chi connectivity index (χ3v) is 4.76. The van der Waals surface area contributed by atoms with Crippen LogP contribution in [0.5, 0.6) is 0 Å². The molecular formula is C17H24N4O2. The molecule has 2 aliphatic heterocycles. The molecule has 2 saturated heterocycles. The zero-order valence-corrected chi connectivity index (χ0v) is 13.5. The van der Waals surface area contributed by atoms with Gasteiger partial charge in [0.1, 0.15) is 11.3 Å². The Morgan fingerprint density at radius 1 is 1.17 bits per heavy atom. The normalized spacial score (nSPS) is 22.9. The van der Waals surface area contributed by atoms with E-state index in [1.54, 1.807) is 0 Å². The third-order valence-electron chi connectivity index (χ3n) is 4.76. The maximum atomic E-state index is 5.80. The summed E-state index contributed by atoms with van der Waals surface area (Å²) in [7, 11) is 0. The second-order valence-corrected chi connectivity index (χ2v) is 6.32. The maximum Gasteiger partial charge on any atom is 0.160 e. The summed E-state index contributed by atoms with van der Waals surface area (Å²) in [6.07, 6.45) is 5.36. The number of rotatable bonds is 5. The molecule has 124 valence electrons. The van der Waals surface area contributed by atoms with Crippen molar-refractivity contribution < 1.29 is 9.47 Å². The lowest BCUT2D eigenvalue weighted by Crippen LogP contribution is -2.38. The highest BCUT2D eigenvalue weighted by Gasteiger charge is 2.21. The average molecular weight is 316 g/mol. The van der Waals surface area contributed by atoms with Gasteiger partial charge in [0, 0.05) is 45.4 Å².